The van der Waals surface area contributed by atoms with Crippen molar-refractivity contribution in [2.45, 2.75) is 32.2 Å². The van der Waals surface area contributed by atoms with E-state index >= 15 is 0 Å². The fourth-order valence-electron chi connectivity index (χ4n) is 4.16. The van der Waals surface area contributed by atoms with Gasteiger partial charge < -0.3 is 19.7 Å². The topological polar surface area (TPSA) is 93.7 Å². The molecule has 3 aromatic rings. The number of hydrogen-bond donors (Lipinski definition) is 1. The minimum Gasteiger partial charge on any atom is -0.497 e. The number of likely N-dealkylation sites (tertiary alicyclic amines) is 1. The van der Waals surface area contributed by atoms with Gasteiger partial charge in [-0.05, 0) is 36.2 Å². The third-order valence-electron chi connectivity index (χ3n) is 5.84. The van der Waals surface area contributed by atoms with Gasteiger partial charge >= 0.3 is 0 Å². The van der Waals surface area contributed by atoms with Crippen molar-refractivity contribution in [1.82, 2.24) is 14.9 Å². The van der Waals surface area contributed by atoms with Crippen molar-refractivity contribution >= 4 is 17.5 Å². The van der Waals surface area contributed by atoms with Gasteiger partial charge in [0.05, 0.1) is 25.3 Å². The lowest BCUT2D eigenvalue weighted by atomic mass is 9.92. The van der Waals surface area contributed by atoms with Crippen molar-refractivity contribution in [3.63, 3.8) is 0 Å². The monoisotopic (exact) mass is 460 g/mol. The van der Waals surface area contributed by atoms with Gasteiger partial charge in [-0.15, -0.1) is 0 Å². The third kappa shape index (κ3) is 5.33. The molecule has 4 rings (SSSR count). The predicted octanol–water partition coefficient (Wildman–Crippen LogP) is 4.61. The van der Waals surface area contributed by atoms with E-state index in [0.717, 1.165) is 24.2 Å². The number of ether oxygens (including phenoxy) is 2. The van der Waals surface area contributed by atoms with E-state index in [-0.39, 0.29) is 24.3 Å². The molecule has 1 saturated heterocycles. The van der Waals surface area contributed by atoms with E-state index in [1.807, 2.05) is 29.2 Å². The van der Waals surface area contributed by atoms with Crippen LogP contribution in [0.1, 0.15) is 37.8 Å². The van der Waals surface area contributed by atoms with Crippen LogP contribution in [0.2, 0.25) is 0 Å². The second-order valence-corrected chi connectivity index (χ2v) is 8.13. The van der Waals surface area contributed by atoms with Crippen LogP contribution < -0.4 is 14.8 Å². The minimum atomic E-state index is -0.512. The van der Waals surface area contributed by atoms with Crippen LogP contribution in [0.15, 0.2) is 67.1 Å². The molecule has 2 amide bonds. The molecular formula is C26H28N4O4. The number of unbranched alkanes of at least 4 members (excludes halogenated alkanes) is 1. The van der Waals surface area contributed by atoms with Gasteiger partial charge in [-0.3, -0.25) is 14.6 Å². The molecule has 2 heterocycles. The first-order chi connectivity index (χ1) is 16.6. The van der Waals surface area contributed by atoms with Gasteiger partial charge in [0.25, 0.3) is 0 Å². The number of anilines is 1. The van der Waals surface area contributed by atoms with Gasteiger partial charge in [0.15, 0.2) is 0 Å². The average molecular weight is 461 g/mol. The number of hydrogen-bond acceptors (Lipinski definition) is 6. The number of amides is 2. The fourth-order valence-corrected chi connectivity index (χ4v) is 4.16. The van der Waals surface area contributed by atoms with Gasteiger partial charge in [0.1, 0.15) is 11.5 Å². The Bertz CT molecular complexity index is 1120. The lowest BCUT2D eigenvalue weighted by Gasteiger charge is -2.28. The summed E-state index contributed by atoms with van der Waals surface area (Å²) in [5.74, 6) is 0.894. The zero-order valence-corrected chi connectivity index (χ0v) is 19.3. The molecule has 8 heteroatoms. The molecule has 1 N–H and O–H groups in total. The van der Waals surface area contributed by atoms with Crippen LogP contribution in [0, 0.1) is 5.92 Å². The number of nitrogens with zero attached hydrogens (tertiary/aromatic N) is 3. The Labute approximate surface area is 198 Å². The van der Waals surface area contributed by atoms with E-state index in [2.05, 4.69) is 22.2 Å². The number of nitrogens with one attached hydrogen (secondary N) is 1. The third-order valence-corrected chi connectivity index (χ3v) is 5.84. The maximum Gasteiger partial charge on any atom is 0.237 e. The number of rotatable bonds is 9. The lowest BCUT2D eigenvalue weighted by molar-refractivity contribution is -0.129. The first kappa shape index (κ1) is 23.2. The van der Waals surface area contributed by atoms with Gasteiger partial charge in [0.2, 0.25) is 17.7 Å². The number of benzene rings is 2. The van der Waals surface area contributed by atoms with Crippen molar-refractivity contribution in [1.29, 1.82) is 0 Å². The highest BCUT2D eigenvalue weighted by Gasteiger charge is 2.44. The molecular weight excluding hydrogens is 432 g/mol. The van der Waals surface area contributed by atoms with Crippen molar-refractivity contribution in [3.8, 4) is 17.4 Å². The van der Waals surface area contributed by atoms with Crippen molar-refractivity contribution < 1.29 is 19.1 Å². The summed E-state index contributed by atoms with van der Waals surface area (Å²) < 4.78 is 11.0. The fraction of sp³-hybridized carbons (Fsp3) is 0.308. The summed E-state index contributed by atoms with van der Waals surface area (Å²) in [5.41, 5.74) is 1.50. The van der Waals surface area contributed by atoms with E-state index < -0.39 is 5.92 Å². The first-order valence-electron chi connectivity index (χ1n) is 11.4. The molecule has 1 fully saturated rings. The Balaban J connectivity index is 1.54. The van der Waals surface area contributed by atoms with Crippen LogP contribution in [0.25, 0.3) is 0 Å². The standard InChI is InChI=1S/C26H28N4O4/c1-3-4-14-30-24(31)16-22(25(30)18-8-10-20(33-2)11-9-18)26(32)29-19-6-5-7-21(15-19)34-23-17-27-12-13-28-23/h5-13,15,17,22,25H,3-4,14,16H2,1-2H3,(H,29,32). The Hall–Kier alpha value is -3.94. The molecule has 8 nitrogen and oxygen atoms in total. The second kappa shape index (κ2) is 10.8. The summed E-state index contributed by atoms with van der Waals surface area (Å²) in [6, 6.07) is 14.3. The smallest absolute Gasteiger partial charge is 0.237 e. The van der Waals surface area contributed by atoms with Crippen LogP contribution in [0.4, 0.5) is 5.69 Å². The number of methoxy groups -OCH3 is 1. The van der Waals surface area contributed by atoms with Crippen molar-refractivity contribution in [2.24, 2.45) is 5.92 Å². The molecule has 34 heavy (non-hydrogen) atoms. The molecule has 2 aromatic carbocycles. The van der Waals surface area contributed by atoms with Crippen LogP contribution in [0.5, 0.6) is 17.4 Å². The summed E-state index contributed by atoms with van der Waals surface area (Å²) in [4.78, 5) is 36.2. The van der Waals surface area contributed by atoms with Crippen LogP contribution >= 0.6 is 0 Å². The Morgan fingerprint density at radius 1 is 1.15 bits per heavy atom. The minimum absolute atomic E-state index is 0.00541. The zero-order chi connectivity index (χ0) is 23.9. The zero-order valence-electron chi connectivity index (χ0n) is 19.3. The normalized spacial score (nSPS) is 17.5. The van der Waals surface area contributed by atoms with Crippen molar-refractivity contribution in [3.05, 3.63) is 72.7 Å². The highest BCUT2D eigenvalue weighted by Crippen LogP contribution is 2.39. The summed E-state index contributed by atoms with van der Waals surface area (Å²) >= 11 is 0. The molecule has 1 aliphatic heterocycles. The van der Waals surface area contributed by atoms with Gasteiger partial charge in [-0.1, -0.05) is 31.5 Å². The quantitative estimate of drug-likeness (QED) is 0.501. The van der Waals surface area contributed by atoms with Crippen molar-refractivity contribution in [2.75, 3.05) is 19.0 Å². The molecule has 1 aromatic heterocycles. The SMILES string of the molecule is CCCCN1C(=O)CC(C(=O)Nc2cccc(Oc3cnccn3)c2)C1c1ccc(OC)cc1. The van der Waals surface area contributed by atoms with Crippen LogP contribution in [-0.4, -0.2) is 40.3 Å². The molecule has 0 saturated carbocycles. The maximum absolute atomic E-state index is 13.4. The van der Waals surface area contributed by atoms with E-state index in [4.69, 9.17) is 9.47 Å². The van der Waals surface area contributed by atoms with E-state index in [1.54, 1.807) is 43.8 Å². The summed E-state index contributed by atoms with van der Waals surface area (Å²) in [6.45, 7) is 2.71. The summed E-state index contributed by atoms with van der Waals surface area (Å²) in [6.07, 6.45) is 6.64. The van der Waals surface area contributed by atoms with E-state index in [9.17, 15) is 9.59 Å². The summed E-state index contributed by atoms with van der Waals surface area (Å²) in [7, 11) is 1.61. The van der Waals surface area contributed by atoms with E-state index in [0.29, 0.717) is 23.9 Å². The Kier molecular flexibility index (Phi) is 7.37. The molecule has 0 radical (unpaired) electrons. The average Bonchev–Trinajstić information content (AvgIpc) is 3.19. The highest BCUT2D eigenvalue weighted by molar-refractivity contribution is 5.98. The lowest BCUT2D eigenvalue weighted by Crippen LogP contribution is -2.33. The van der Waals surface area contributed by atoms with E-state index in [1.165, 1.54) is 6.20 Å². The highest BCUT2D eigenvalue weighted by atomic mass is 16.5. The van der Waals surface area contributed by atoms with Crippen LogP contribution in [0.3, 0.4) is 0 Å². The predicted molar refractivity (Wildman–Crippen MR) is 128 cm³/mol. The number of aromatic nitrogens is 2. The number of carbonyl (C=O) groups is 2. The van der Waals surface area contributed by atoms with Gasteiger partial charge in [0, 0.05) is 37.1 Å². The molecule has 0 bridgehead atoms. The molecule has 176 valence electrons. The molecule has 2 atom stereocenters. The maximum atomic E-state index is 13.4. The Morgan fingerprint density at radius 2 is 1.97 bits per heavy atom. The largest absolute Gasteiger partial charge is 0.497 e. The second-order valence-electron chi connectivity index (χ2n) is 8.13. The Morgan fingerprint density at radius 3 is 2.68 bits per heavy atom. The number of carbonyl (C=O) groups excluding carboxylic acids is 2. The molecule has 1 aliphatic rings. The van der Waals surface area contributed by atoms with Gasteiger partial charge in [-0.25, -0.2) is 4.98 Å². The van der Waals surface area contributed by atoms with Gasteiger partial charge in [-0.2, -0.15) is 0 Å². The first-order valence-corrected chi connectivity index (χ1v) is 11.4. The molecule has 0 aliphatic carbocycles. The molecule has 2 unspecified atom stereocenters. The molecule has 0 spiro atoms. The summed E-state index contributed by atoms with van der Waals surface area (Å²) in [5, 5.41) is 2.97. The van der Waals surface area contributed by atoms with Crippen LogP contribution in [-0.2, 0) is 9.59 Å².